The van der Waals surface area contributed by atoms with Crippen LogP contribution in [0.3, 0.4) is 0 Å². The zero-order valence-electron chi connectivity index (χ0n) is 5.54. The van der Waals surface area contributed by atoms with Crippen molar-refractivity contribution in [3.63, 3.8) is 0 Å². The maximum absolute atomic E-state index is 5.72. The summed E-state index contributed by atoms with van der Waals surface area (Å²) in [5.74, 6) is 0. The fourth-order valence-electron chi connectivity index (χ4n) is 1.16. The second-order valence-electron chi connectivity index (χ2n) is 2.41. The van der Waals surface area contributed by atoms with Crippen LogP contribution in [0.25, 0.3) is 0 Å². The third-order valence-electron chi connectivity index (χ3n) is 1.63. The average molecular weight is 155 g/mol. The fourth-order valence-corrected chi connectivity index (χ4v) is 2.19. The summed E-state index contributed by atoms with van der Waals surface area (Å²) in [6, 6.07) is 0. The Morgan fingerprint density at radius 3 is 3.40 bits per heavy atom. The summed E-state index contributed by atoms with van der Waals surface area (Å²) in [6.45, 7) is 0.714. The molecule has 0 spiro atoms. The molecule has 0 saturated carbocycles. The van der Waals surface area contributed by atoms with Crippen molar-refractivity contribution in [1.82, 2.24) is 0 Å². The maximum Gasteiger partial charge on any atom is 0.106 e. The van der Waals surface area contributed by atoms with E-state index in [9.17, 15) is 0 Å². The fraction of sp³-hybridized carbons (Fsp3) is 0.429. The molecule has 0 radical (unpaired) electrons. The lowest BCUT2D eigenvalue weighted by Gasteiger charge is -2.06. The van der Waals surface area contributed by atoms with E-state index in [-0.39, 0.29) is 5.37 Å². The lowest BCUT2D eigenvalue weighted by Crippen LogP contribution is -2.09. The summed E-state index contributed by atoms with van der Waals surface area (Å²) in [4.78, 5) is 1.22. The van der Waals surface area contributed by atoms with E-state index in [0.29, 0.717) is 6.61 Å². The standard InChI is InChI=1S/C7H9NOS/c8-7-3-5-1-2-9-4-6(5)10-7/h1,4,7H,2-3,8H2. The minimum atomic E-state index is 0.249. The molecule has 2 heterocycles. The number of hydrogen-bond acceptors (Lipinski definition) is 3. The Bertz CT molecular complexity index is 188. The van der Waals surface area contributed by atoms with Gasteiger partial charge in [0.2, 0.25) is 0 Å². The lowest BCUT2D eigenvalue weighted by atomic mass is 10.1. The predicted octanol–water partition coefficient (Wildman–Crippen LogP) is 1.21. The molecule has 1 atom stereocenters. The highest BCUT2D eigenvalue weighted by atomic mass is 32.2. The molecule has 2 nitrogen and oxygen atoms in total. The first-order valence-electron chi connectivity index (χ1n) is 3.29. The van der Waals surface area contributed by atoms with Gasteiger partial charge in [-0.2, -0.15) is 0 Å². The van der Waals surface area contributed by atoms with Crippen LogP contribution in [0.4, 0.5) is 0 Å². The molecule has 1 saturated heterocycles. The van der Waals surface area contributed by atoms with Gasteiger partial charge >= 0.3 is 0 Å². The van der Waals surface area contributed by atoms with Crippen LogP contribution in [0, 0.1) is 0 Å². The Labute approximate surface area is 64.1 Å². The van der Waals surface area contributed by atoms with Gasteiger partial charge in [0, 0.05) is 4.91 Å². The molecule has 3 heteroatoms. The molecule has 0 amide bonds. The minimum Gasteiger partial charge on any atom is -0.496 e. The SMILES string of the molecule is NC1CC2=CCOC=C2S1. The van der Waals surface area contributed by atoms with E-state index >= 15 is 0 Å². The van der Waals surface area contributed by atoms with Gasteiger partial charge in [-0.1, -0.05) is 0 Å². The highest BCUT2D eigenvalue weighted by Gasteiger charge is 2.23. The van der Waals surface area contributed by atoms with Crippen molar-refractivity contribution in [2.24, 2.45) is 5.73 Å². The number of fused-ring (bicyclic) bond motifs is 1. The van der Waals surface area contributed by atoms with E-state index in [2.05, 4.69) is 6.08 Å². The predicted molar refractivity (Wildman–Crippen MR) is 42.3 cm³/mol. The topological polar surface area (TPSA) is 35.2 Å². The molecule has 0 aromatic heterocycles. The molecular formula is C7H9NOS. The van der Waals surface area contributed by atoms with E-state index in [1.807, 2.05) is 6.26 Å². The van der Waals surface area contributed by atoms with Gasteiger partial charge in [-0.25, -0.2) is 0 Å². The van der Waals surface area contributed by atoms with Gasteiger partial charge in [-0.3, -0.25) is 0 Å². The van der Waals surface area contributed by atoms with Crippen LogP contribution in [0.5, 0.6) is 0 Å². The third-order valence-corrected chi connectivity index (χ3v) is 2.71. The summed E-state index contributed by atoms with van der Waals surface area (Å²) in [5, 5.41) is 0.249. The monoisotopic (exact) mass is 155 g/mol. The summed E-state index contributed by atoms with van der Waals surface area (Å²) in [7, 11) is 0. The van der Waals surface area contributed by atoms with Crippen molar-refractivity contribution < 1.29 is 4.74 Å². The molecule has 10 heavy (non-hydrogen) atoms. The van der Waals surface area contributed by atoms with Gasteiger partial charge in [-0.15, -0.1) is 11.8 Å². The Kier molecular flexibility index (Phi) is 1.47. The van der Waals surface area contributed by atoms with Crippen molar-refractivity contribution in [3.05, 3.63) is 22.8 Å². The van der Waals surface area contributed by atoms with Crippen LogP contribution in [-0.2, 0) is 4.74 Å². The number of thioether (sulfide) groups is 1. The molecule has 2 N–H and O–H groups in total. The Hall–Kier alpha value is -0.410. The molecule has 0 bridgehead atoms. The van der Waals surface area contributed by atoms with Gasteiger partial charge in [0.25, 0.3) is 0 Å². The first-order valence-corrected chi connectivity index (χ1v) is 4.17. The van der Waals surface area contributed by atoms with E-state index in [0.717, 1.165) is 6.42 Å². The Morgan fingerprint density at radius 2 is 2.60 bits per heavy atom. The van der Waals surface area contributed by atoms with E-state index in [1.165, 1.54) is 10.5 Å². The number of hydrogen-bond donors (Lipinski definition) is 1. The van der Waals surface area contributed by atoms with E-state index in [4.69, 9.17) is 10.5 Å². The van der Waals surface area contributed by atoms with Crippen LogP contribution in [0.15, 0.2) is 22.8 Å². The summed E-state index contributed by atoms with van der Waals surface area (Å²) in [5.41, 5.74) is 7.08. The van der Waals surface area contributed by atoms with Gasteiger partial charge in [0.1, 0.15) is 6.61 Å². The third kappa shape index (κ3) is 0.954. The molecule has 2 rings (SSSR count). The zero-order chi connectivity index (χ0) is 6.97. The Morgan fingerprint density at radius 1 is 1.70 bits per heavy atom. The molecule has 1 unspecified atom stereocenters. The smallest absolute Gasteiger partial charge is 0.106 e. The molecule has 1 fully saturated rings. The van der Waals surface area contributed by atoms with E-state index < -0.39 is 0 Å². The van der Waals surface area contributed by atoms with Crippen molar-refractivity contribution in [2.45, 2.75) is 11.8 Å². The normalized spacial score (nSPS) is 30.3. The van der Waals surface area contributed by atoms with Crippen molar-refractivity contribution >= 4 is 11.8 Å². The van der Waals surface area contributed by atoms with E-state index in [1.54, 1.807) is 11.8 Å². The Balaban J connectivity index is 2.25. The second kappa shape index (κ2) is 2.32. The van der Waals surface area contributed by atoms with Crippen LogP contribution < -0.4 is 5.73 Å². The zero-order valence-corrected chi connectivity index (χ0v) is 6.36. The molecule has 2 aliphatic rings. The molecule has 0 aromatic rings. The largest absolute Gasteiger partial charge is 0.496 e. The molecule has 54 valence electrons. The van der Waals surface area contributed by atoms with Crippen molar-refractivity contribution in [3.8, 4) is 0 Å². The highest BCUT2D eigenvalue weighted by molar-refractivity contribution is 8.04. The molecule has 2 aliphatic heterocycles. The van der Waals surface area contributed by atoms with Crippen molar-refractivity contribution in [1.29, 1.82) is 0 Å². The van der Waals surface area contributed by atoms with Gasteiger partial charge < -0.3 is 10.5 Å². The van der Waals surface area contributed by atoms with Gasteiger partial charge in [0.15, 0.2) is 0 Å². The summed E-state index contributed by atoms with van der Waals surface area (Å²) in [6.07, 6.45) is 4.92. The first kappa shape index (κ1) is 6.31. The van der Waals surface area contributed by atoms with Crippen LogP contribution >= 0.6 is 11.8 Å². The van der Waals surface area contributed by atoms with Crippen LogP contribution in [-0.4, -0.2) is 12.0 Å². The molecule has 0 aromatic carbocycles. The van der Waals surface area contributed by atoms with Crippen LogP contribution in [0.1, 0.15) is 6.42 Å². The van der Waals surface area contributed by atoms with Crippen LogP contribution in [0.2, 0.25) is 0 Å². The van der Waals surface area contributed by atoms with Gasteiger partial charge in [-0.05, 0) is 18.1 Å². The quantitative estimate of drug-likeness (QED) is 0.571. The number of allylic oxidation sites excluding steroid dienone is 1. The highest BCUT2D eigenvalue weighted by Crippen LogP contribution is 2.40. The number of rotatable bonds is 0. The lowest BCUT2D eigenvalue weighted by molar-refractivity contribution is 0.283. The summed E-state index contributed by atoms with van der Waals surface area (Å²) < 4.78 is 5.12. The number of nitrogens with two attached hydrogens (primary N) is 1. The summed E-state index contributed by atoms with van der Waals surface area (Å²) >= 11 is 1.70. The maximum atomic E-state index is 5.72. The minimum absolute atomic E-state index is 0.249. The average Bonchev–Trinajstić information content (AvgIpc) is 2.27. The van der Waals surface area contributed by atoms with Gasteiger partial charge in [0.05, 0.1) is 11.6 Å². The first-order chi connectivity index (χ1) is 4.86. The van der Waals surface area contributed by atoms with Crippen molar-refractivity contribution in [2.75, 3.05) is 6.61 Å². The number of ether oxygens (including phenoxy) is 1. The molecular weight excluding hydrogens is 146 g/mol. The second-order valence-corrected chi connectivity index (χ2v) is 3.69. The molecule has 0 aliphatic carbocycles.